The van der Waals surface area contributed by atoms with Crippen LogP contribution in [-0.4, -0.2) is 85.7 Å². The summed E-state index contributed by atoms with van der Waals surface area (Å²) < 4.78 is 5.62. The van der Waals surface area contributed by atoms with Gasteiger partial charge in [0, 0.05) is 38.8 Å². The maximum Gasteiger partial charge on any atom is 0.226 e. The third kappa shape index (κ3) is 5.41. The van der Waals surface area contributed by atoms with Gasteiger partial charge in [-0.25, -0.2) is 0 Å². The summed E-state index contributed by atoms with van der Waals surface area (Å²) in [7, 11) is 0. The molecule has 144 valence electrons. The second-order valence-electron chi connectivity index (χ2n) is 8.05. The average Bonchev–Trinajstić information content (AvgIpc) is 3.20. The van der Waals surface area contributed by atoms with Gasteiger partial charge in [0.1, 0.15) is 0 Å². The van der Waals surface area contributed by atoms with E-state index in [2.05, 4.69) is 21.6 Å². The Bertz CT molecular complexity index is 404. The van der Waals surface area contributed by atoms with E-state index in [0.29, 0.717) is 11.9 Å². The highest BCUT2D eigenvalue weighted by atomic mass is 16.5. The number of likely N-dealkylation sites (tertiary alicyclic amines) is 3. The number of amides is 1. The lowest BCUT2D eigenvalue weighted by Gasteiger charge is -2.42. The van der Waals surface area contributed by atoms with Gasteiger partial charge < -0.3 is 14.5 Å². The predicted molar refractivity (Wildman–Crippen MR) is 101 cm³/mol. The molecule has 0 aromatic rings. The fourth-order valence-electron chi connectivity index (χ4n) is 4.68. The summed E-state index contributed by atoms with van der Waals surface area (Å²) in [5.41, 5.74) is 0. The summed E-state index contributed by atoms with van der Waals surface area (Å²) in [6, 6.07) is 0.682. The van der Waals surface area contributed by atoms with Gasteiger partial charge in [0.25, 0.3) is 0 Å². The standard InChI is InChI=1S/C20H37N3O2/c1-2-15-25-16-14-21-12-7-19(8-13-21)23-11-5-6-18(17-23)20(24)22-9-3-4-10-22/h18-19H,2-17H2,1H3/t18-/m0/s1. The molecule has 3 aliphatic rings. The van der Waals surface area contributed by atoms with Crippen LogP contribution in [0.25, 0.3) is 0 Å². The van der Waals surface area contributed by atoms with Crippen LogP contribution in [0.15, 0.2) is 0 Å². The fourth-order valence-corrected chi connectivity index (χ4v) is 4.68. The van der Waals surface area contributed by atoms with Crippen molar-refractivity contribution in [2.45, 2.75) is 57.9 Å². The molecule has 5 nitrogen and oxygen atoms in total. The summed E-state index contributed by atoms with van der Waals surface area (Å²) in [6.45, 7) is 11.5. The van der Waals surface area contributed by atoms with Crippen LogP contribution in [0, 0.1) is 5.92 Å². The topological polar surface area (TPSA) is 36.0 Å². The second-order valence-corrected chi connectivity index (χ2v) is 8.05. The van der Waals surface area contributed by atoms with Crippen LogP contribution in [0.4, 0.5) is 0 Å². The zero-order chi connectivity index (χ0) is 17.5. The molecule has 3 saturated heterocycles. The second kappa shape index (κ2) is 9.89. The minimum absolute atomic E-state index is 0.257. The van der Waals surface area contributed by atoms with Gasteiger partial charge >= 0.3 is 0 Å². The molecule has 0 spiro atoms. The molecule has 5 heteroatoms. The molecule has 0 radical (unpaired) electrons. The van der Waals surface area contributed by atoms with Gasteiger partial charge in [-0.1, -0.05) is 6.92 Å². The predicted octanol–water partition coefficient (Wildman–Crippen LogP) is 2.21. The molecule has 0 aromatic heterocycles. The van der Waals surface area contributed by atoms with Gasteiger partial charge in [-0.3, -0.25) is 9.69 Å². The summed E-state index contributed by atoms with van der Waals surface area (Å²) in [4.78, 5) is 20.0. The Hall–Kier alpha value is -0.650. The summed E-state index contributed by atoms with van der Waals surface area (Å²) in [6.07, 6.45) is 8.28. The smallest absolute Gasteiger partial charge is 0.226 e. The molecule has 0 unspecified atom stereocenters. The van der Waals surface area contributed by atoms with E-state index in [0.717, 1.165) is 52.2 Å². The van der Waals surface area contributed by atoms with Crippen molar-refractivity contribution in [2.24, 2.45) is 5.92 Å². The van der Waals surface area contributed by atoms with E-state index in [9.17, 15) is 4.79 Å². The first kappa shape index (κ1) is 19.1. The van der Waals surface area contributed by atoms with E-state index in [4.69, 9.17) is 4.74 Å². The number of nitrogens with zero attached hydrogens (tertiary/aromatic N) is 3. The van der Waals surface area contributed by atoms with Crippen molar-refractivity contribution >= 4 is 5.91 Å². The van der Waals surface area contributed by atoms with Gasteiger partial charge in [0.05, 0.1) is 12.5 Å². The number of carbonyl (C=O) groups is 1. The average molecular weight is 352 g/mol. The Morgan fingerprint density at radius 2 is 1.72 bits per heavy atom. The monoisotopic (exact) mass is 351 g/mol. The number of rotatable bonds is 7. The molecule has 3 aliphatic heterocycles. The number of piperidine rings is 2. The van der Waals surface area contributed by atoms with Gasteiger partial charge in [-0.2, -0.15) is 0 Å². The SMILES string of the molecule is CCCOCCN1CCC(N2CCC[C@H](C(=O)N3CCCC3)C2)CC1. The first-order valence-electron chi connectivity index (χ1n) is 10.6. The summed E-state index contributed by atoms with van der Waals surface area (Å²) >= 11 is 0. The number of carbonyl (C=O) groups excluding carboxylic acids is 1. The quantitative estimate of drug-likeness (QED) is 0.659. The Kier molecular flexibility index (Phi) is 7.56. The Labute approximate surface area is 153 Å². The van der Waals surface area contributed by atoms with Gasteiger partial charge in [-0.15, -0.1) is 0 Å². The van der Waals surface area contributed by atoms with E-state index >= 15 is 0 Å². The van der Waals surface area contributed by atoms with Crippen molar-refractivity contribution in [3.63, 3.8) is 0 Å². The van der Waals surface area contributed by atoms with Crippen LogP contribution in [0.1, 0.15) is 51.9 Å². The summed E-state index contributed by atoms with van der Waals surface area (Å²) in [5.74, 6) is 0.694. The zero-order valence-corrected chi connectivity index (χ0v) is 16.1. The molecule has 0 bridgehead atoms. The molecular formula is C20H37N3O2. The zero-order valence-electron chi connectivity index (χ0n) is 16.1. The molecule has 3 fully saturated rings. The Balaban J connectivity index is 1.39. The molecule has 3 heterocycles. The van der Waals surface area contributed by atoms with Crippen molar-refractivity contribution in [3.8, 4) is 0 Å². The lowest BCUT2D eigenvalue weighted by Crippen LogP contribution is -2.51. The highest BCUT2D eigenvalue weighted by Crippen LogP contribution is 2.26. The van der Waals surface area contributed by atoms with Crippen molar-refractivity contribution in [1.29, 1.82) is 0 Å². The van der Waals surface area contributed by atoms with Crippen molar-refractivity contribution < 1.29 is 9.53 Å². The molecule has 0 aromatic carbocycles. The Morgan fingerprint density at radius 3 is 2.44 bits per heavy atom. The van der Waals surface area contributed by atoms with E-state index in [-0.39, 0.29) is 5.92 Å². The molecular weight excluding hydrogens is 314 g/mol. The lowest BCUT2D eigenvalue weighted by molar-refractivity contribution is -0.136. The normalized spacial score (nSPS) is 27.1. The van der Waals surface area contributed by atoms with E-state index in [1.54, 1.807) is 0 Å². The number of hydrogen-bond donors (Lipinski definition) is 0. The molecule has 0 N–H and O–H groups in total. The van der Waals surface area contributed by atoms with Crippen LogP contribution < -0.4 is 0 Å². The largest absolute Gasteiger partial charge is 0.380 e. The fraction of sp³-hybridized carbons (Fsp3) is 0.950. The van der Waals surface area contributed by atoms with Crippen LogP contribution in [0.5, 0.6) is 0 Å². The molecule has 1 atom stereocenters. The van der Waals surface area contributed by atoms with Crippen LogP contribution in [0.3, 0.4) is 0 Å². The minimum Gasteiger partial charge on any atom is -0.380 e. The molecule has 25 heavy (non-hydrogen) atoms. The van der Waals surface area contributed by atoms with Gasteiger partial charge in [0.2, 0.25) is 5.91 Å². The lowest BCUT2D eigenvalue weighted by atomic mass is 9.93. The maximum atomic E-state index is 12.7. The molecule has 0 aliphatic carbocycles. The first-order chi connectivity index (χ1) is 12.3. The Morgan fingerprint density at radius 1 is 0.960 bits per heavy atom. The first-order valence-corrected chi connectivity index (χ1v) is 10.6. The highest BCUT2D eigenvalue weighted by Gasteiger charge is 2.34. The molecule has 1 amide bonds. The number of hydrogen-bond acceptors (Lipinski definition) is 4. The third-order valence-electron chi connectivity index (χ3n) is 6.19. The van der Waals surface area contributed by atoms with Gasteiger partial charge in [-0.05, 0) is 64.6 Å². The van der Waals surface area contributed by atoms with Crippen molar-refractivity contribution in [2.75, 3.05) is 59.0 Å². The van der Waals surface area contributed by atoms with Crippen molar-refractivity contribution in [3.05, 3.63) is 0 Å². The van der Waals surface area contributed by atoms with E-state index < -0.39 is 0 Å². The van der Waals surface area contributed by atoms with Crippen LogP contribution in [0.2, 0.25) is 0 Å². The van der Waals surface area contributed by atoms with Crippen LogP contribution >= 0.6 is 0 Å². The number of ether oxygens (including phenoxy) is 1. The third-order valence-corrected chi connectivity index (χ3v) is 6.19. The molecule has 0 saturated carbocycles. The van der Waals surface area contributed by atoms with E-state index in [1.807, 2.05) is 0 Å². The molecule has 3 rings (SSSR count). The van der Waals surface area contributed by atoms with Crippen LogP contribution in [-0.2, 0) is 9.53 Å². The minimum atomic E-state index is 0.257. The maximum absolute atomic E-state index is 12.7. The summed E-state index contributed by atoms with van der Waals surface area (Å²) in [5, 5.41) is 0. The van der Waals surface area contributed by atoms with Gasteiger partial charge in [0.15, 0.2) is 0 Å². The van der Waals surface area contributed by atoms with Crippen molar-refractivity contribution in [1.82, 2.24) is 14.7 Å². The highest BCUT2D eigenvalue weighted by molar-refractivity contribution is 5.79. The van der Waals surface area contributed by atoms with E-state index in [1.165, 1.54) is 51.7 Å².